The van der Waals surface area contributed by atoms with Gasteiger partial charge in [0, 0.05) is 66.2 Å². The largest absolute Gasteiger partial charge is 0.367 e. The molecule has 5 aromatic rings. The van der Waals surface area contributed by atoms with Gasteiger partial charge >= 0.3 is 0 Å². The van der Waals surface area contributed by atoms with Crippen molar-refractivity contribution in [1.29, 1.82) is 0 Å². The first-order valence-corrected chi connectivity index (χ1v) is 13.2. The van der Waals surface area contributed by atoms with Crippen LogP contribution in [-0.2, 0) is 0 Å². The van der Waals surface area contributed by atoms with Crippen LogP contribution in [0.5, 0.6) is 0 Å². The zero-order chi connectivity index (χ0) is 26.1. The molecular formula is C29H33N9. The summed E-state index contributed by atoms with van der Waals surface area (Å²) in [7, 11) is 2.17. The highest BCUT2D eigenvalue weighted by Crippen LogP contribution is 2.34. The number of allylic oxidation sites excluding steroid dienone is 1. The van der Waals surface area contributed by atoms with Gasteiger partial charge in [-0.15, -0.1) is 0 Å². The second-order valence-corrected chi connectivity index (χ2v) is 10.1. The van der Waals surface area contributed by atoms with E-state index in [1.807, 2.05) is 31.0 Å². The Labute approximate surface area is 222 Å². The van der Waals surface area contributed by atoms with Crippen LogP contribution in [-0.4, -0.2) is 68.3 Å². The van der Waals surface area contributed by atoms with Gasteiger partial charge in [-0.05, 0) is 38.1 Å². The first kappa shape index (κ1) is 24.1. The zero-order valence-electron chi connectivity index (χ0n) is 22.0. The van der Waals surface area contributed by atoms with Gasteiger partial charge < -0.3 is 20.1 Å². The molecule has 0 unspecified atom stereocenters. The average Bonchev–Trinajstić information content (AvgIpc) is 3.56. The number of nitrogens with one attached hydrogen (secondary N) is 3. The maximum Gasteiger partial charge on any atom is 0.181 e. The number of fused-ring (bicyclic) bond motifs is 2. The fourth-order valence-corrected chi connectivity index (χ4v) is 5.06. The minimum absolute atomic E-state index is 0.676. The molecule has 0 bridgehead atoms. The number of aromatic amines is 2. The van der Waals surface area contributed by atoms with Crippen molar-refractivity contribution in [3.05, 3.63) is 61.5 Å². The molecule has 0 amide bonds. The highest BCUT2D eigenvalue weighted by atomic mass is 15.3. The smallest absolute Gasteiger partial charge is 0.181 e. The Hall–Kier alpha value is -4.24. The lowest BCUT2D eigenvalue weighted by Gasteiger charge is -2.34. The van der Waals surface area contributed by atoms with E-state index in [4.69, 9.17) is 0 Å². The Balaban J connectivity index is 1.33. The Bertz CT molecular complexity index is 1590. The highest BCUT2D eigenvalue weighted by molar-refractivity contribution is 5.99. The fraction of sp³-hybridized carbons (Fsp3) is 0.310. The molecule has 0 atom stereocenters. The lowest BCUT2D eigenvalue weighted by Crippen LogP contribution is -2.44. The van der Waals surface area contributed by atoms with Crippen LogP contribution in [0.1, 0.15) is 26.2 Å². The average molecular weight is 508 g/mol. The molecule has 9 heteroatoms. The molecule has 0 saturated carbocycles. The molecule has 0 radical (unpaired) electrons. The van der Waals surface area contributed by atoms with E-state index in [1.54, 1.807) is 0 Å². The van der Waals surface area contributed by atoms with Gasteiger partial charge in [-0.2, -0.15) is 5.10 Å². The molecule has 1 saturated heterocycles. The predicted octanol–water partition coefficient (Wildman–Crippen LogP) is 5.43. The van der Waals surface area contributed by atoms with Gasteiger partial charge in [0.2, 0.25) is 0 Å². The monoisotopic (exact) mass is 507 g/mol. The summed E-state index contributed by atoms with van der Waals surface area (Å²) in [6.45, 7) is 10.4. The van der Waals surface area contributed by atoms with Crippen LogP contribution >= 0.6 is 0 Å². The first-order chi connectivity index (χ1) is 18.6. The van der Waals surface area contributed by atoms with E-state index in [0.717, 1.165) is 101 Å². The number of pyridine rings is 3. The molecule has 38 heavy (non-hydrogen) atoms. The zero-order valence-corrected chi connectivity index (χ0v) is 22.0. The number of unbranched alkanes of at least 4 members (excludes halogenated alkanes) is 1. The number of rotatable bonds is 8. The summed E-state index contributed by atoms with van der Waals surface area (Å²) in [5, 5.41) is 13.2. The summed E-state index contributed by atoms with van der Waals surface area (Å²) < 4.78 is 0. The maximum atomic E-state index is 4.64. The van der Waals surface area contributed by atoms with Crippen molar-refractivity contribution in [2.24, 2.45) is 0 Å². The summed E-state index contributed by atoms with van der Waals surface area (Å²) in [6.07, 6.45) is 12.6. The summed E-state index contributed by atoms with van der Waals surface area (Å²) in [4.78, 5) is 21.9. The summed E-state index contributed by atoms with van der Waals surface area (Å²) in [5.41, 5.74) is 8.61. The third kappa shape index (κ3) is 4.72. The van der Waals surface area contributed by atoms with E-state index in [1.165, 1.54) is 0 Å². The van der Waals surface area contributed by atoms with Crippen molar-refractivity contribution >= 4 is 33.3 Å². The standard InChI is InChI=1S/C29H33N9/c1-4-5-6-19(2)33-22-11-20(14-30-16-22)21-12-24-28(35-36-29(24)32-15-21)25-13-23-26(34-25)17-31-18-27(23)38-9-7-37(3)8-10-38/h11-18,33-34H,2,4-10H2,1,3H3,(H,32,35,36). The van der Waals surface area contributed by atoms with Crippen molar-refractivity contribution in [2.45, 2.75) is 26.2 Å². The van der Waals surface area contributed by atoms with Gasteiger partial charge in [0.25, 0.3) is 0 Å². The van der Waals surface area contributed by atoms with Gasteiger partial charge in [0.1, 0.15) is 0 Å². The van der Waals surface area contributed by atoms with E-state index in [9.17, 15) is 0 Å². The second-order valence-electron chi connectivity index (χ2n) is 10.1. The third-order valence-electron chi connectivity index (χ3n) is 7.27. The highest BCUT2D eigenvalue weighted by Gasteiger charge is 2.19. The Morgan fingerprint density at radius 2 is 1.79 bits per heavy atom. The fourth-order valence-electron chi connectivity index (χ4n) is 5.06. The van der Waals surface area contributed by atoms with Crippen LogP contribution in [0, 0.1) is 0 Å². The number of aromatic nitrogens is 6. The number of likely N-dealkylation sites (N-methyl/N-ethyl adjacent to an activating group) is 1. The van der Waals surface area contributed by atoms with Crippen LogP contribution in [0.3, 0.4) is 0 Å². The molecule has 9 nitrogen and oxygen atoms in total. The van der Waals surface area contributed by atoms with Crippen molar-refractivity contribution in [2.75, 3.05) is 43.4 Å². The number of H-pyrrole nitrogens is 2. The van der Waals surface area contributed by atoms with Crippen molar-refractivity contribution < 1.29 is 0 Å². The van der Waals surface area contributed by atoms with Crippen molar-refractivity contribution in [3.8, 4) is 22.5 Å². The van der Waals surface area contributed by atoms with Gasteiger partial charge in [-0.1, -0.05) is 19.9 Å². The minimum atomic E-state index is 0.676. The van der Waals surface area contributed by atoms with Crippen molar-refractivity contribution in [1.82, 2.24) is 35.0 Å². The van der Waals surface area contributed by atoms with Crippen LogP contribution < -0.4 is 10.2 Å². The lowest BCUT2D eigenvalue weighted by atomic mass is 10.1. The van der Waals surface area contributed by atoms with Gasteiger partial charge in [-0.3, -0.25) is 15.1 Å². The Morgan fingerprint density at radius 1 is 0.974 bits per heavy atom. The maximum absolute atomic E-state index is 4.64. The van der Waals surface area contributed by atoms with Crippen molar-refractivity contribution in [3.63, 3.8) is 0 Å². The summed E-state index contributed by atoms with van der Waals surface area (Å²) in [6, 6.07) is 6.40. The molecule has 194 valence electrons. The molecule has 6 rings (SSSR count). The van der Waals surface area contributed by atoms with E-state index in [-0.39, 0.29) is 0 Å². The number of hydrogen-bond donors (Lipinski definition) is 3. The number of piperazine rings is 1. The molecule has 1 aliphatic heterocycles. The van der Waals surface area contributed by atoms with Gasteiger partial charge in [0.05, 0.1) is 46.9 Å². The van der Waals surface area contributed by atoms with Gasteiger partial charge in [-0.25, -0.2) is 4.98 Å². The van der Waals surface area contributed by atoms with Gasteiger partial charge in [0.15, 0.2) is 5.65 Å². The van der Waals surface area contributed by atoms with E-state index >= 15 is 0 Å². The second kappa shape index (κ2) is 10.3. The first-order valence-electron chi connectivity index (χ1n) is 13.2. The van der Waals surface area contributed by atoms with E-state index in [2.05, 4.69) is 84.0 Å². The lowest BCUT2D eigenvalue weighted by molar-refractivity contribution is 0.313. The third-order valence-corrected chi connectivity index (χ3v) is 7.27. The van der Waals surface area contributed by atoms with Crippen LogP contribution in [0.2, 0.25) is 0 Å². The van der Waals surface area contributed by atoms with Crippen LogP contribution in [0.4, 0.5) is 11.4 Å². The molecule has 5 aromatic heterocycles. The SMILES string of the molecule is C=C(CCCC)Nc1cncc(-c2cnc3n[nH]c(-c4cc5c(N6CCN(C)CC6)cncc5[nH]4)c3c2)c1. The number of nitrogens with zero attached hydrogens (tertiary/aromatic N) is 6. The molecule has 6 heterocycles. The molecule has 0 aromatic carbocycles. The predicted molar refractivity (Wildman–Crippen MR) is 154 cm³/mol. The van der Waals surface area contributed by atoms with Crippen LogP contribution in [0.25, 0.3) is 44.5 Å². The van der Waals surface area contributed by atoms with Crippen LogP contribution in [0.15, 0.2) is 61.5 Å². The molecule has 1 aliphatic rings. The Morgan fingerprint density at radius 3 is 2.63 bits per heavy atom. The topological polar surface area (TPSA) is 102 Å². The molecule has 0 aliphatic carbocycles. The number of hydrogen-bond acceptors (Lipinski definition) is 7. The summed E-state index contributed by atoms with van der Waals surface area (Å²) in [5.74, 6) is 0. The normalized spacial score (nSPS) is 14.4. The van der Waals surface area contributed by atoms with E-state index in [0.29, 0.717) is 5.65 Å². The van der Waals surface area contributed by atoms with E-state index < -0.39 is 0 Å². The Kier molecular flexibility index (Phi) is 6.51. The molecule has 3 N–H and O–H groups in total. The summed E-state index contributed by atoms with van der Waals surface area (Å²) >= 11 is 0. The number of anilines is 2. The molecular weight excluding hydrogens is 474 g/mol. The molecule has 0 spiro atoms. The quantitative estimate of drug-likeness (QED) is 0.257. The minimum Gasteiger partial charge on any atom is -0.367 e. The molecule has 1 fully saturated rings.